The maximum absolute atomic E-state index is 12.9. The summed E-state index contributed by atoms with van der Waals surface area (Å²) in [4.78, 5) is 26.1. The Bertz CT molecular complexity index is 823. The molecule has 0 saturated heterocycles. The number of thioether (sulfide) groups is 1. The molecule has 142 valence electrons. The van der Waals surface area contributed by atoms with Gasteiger partial charge in [0, 0.05) is 16.7 Å². The molecule has 6 nitrogen and oxygen atoms in total. The second-order valence-electron chi connectivity index (χ2n) is 6.25. The van der Waals surface area contributed by atoms with Crippen LogP contribution in [0.2, 0.25) is 0 Å². The van der Waals surface area contributed by atoms with Gasteiger partial charge in [-0.05, 0) is 36.2 Å². The maximum atomic E-state index is 12.9. The Balaban J connectivity index is 1.87. The van der Waals surface area contributed by atoms with Gasteiger partial charge in [0.1, 0.15) is 11.9 Å². The monoisotopic (exact) mass is 387 g/mol. The lowest BCUT2D eigenvalue weighted by atomic mass is 10.0. The van der Waals surface area contributed by atoms with Crippen LogP contribution in [-0.4, -0.2) is 47.1 Å². The van der Waals surface area contributed by atoms with Crippen LogP contribution in [0.3, 0.4) is 0 Å². The Kier molecular flexibility index (Phi) is 6.03. The lowest BCUT2D eigenvalue weighted by Gasteiger charge is -2.24. The number of aliphatic carboxylic acids is 1. The third-order valence-corrected chi connectivity index (χ3v) is 5.78. The van der Waals surface area contributed by atoms with E-state index in [0.29, 0.717) is 12.1 Å². The first-order chi connectivity index (χ1) is 13.0. The standard InChI is InChI=1S/C20H21NO5S/c1-26-14-8-6-13(7-9-14)12-17-19(24)20(25)21(11-10-18(22)23)15-4-2-3-5-16(15)27-17/h2-9,17,19,24H,10-12H2,1H3,(H,22,23). The number of methoxy groups -OCH3 is 1. The van der Waals surface area contributed by atoms with E-state index >= 15 is 0 Å². The van der Waals surface area contributed by atoms with E-state index in [-0.39, 0.29) is 18.2 Å². The van der Waals surface area contributed by atoms with Gasteiger partial charge in [-0.3, -0.25) is 9.59 Å². The van der Waals surface area contributed by atoms with Crippen molar-refractivity contribution in [2.24, 2.45) is 0 Å². The second-order valence-corrected chi connectivity index (χ2v) is 7.54. The Morgan fingerprint density at radius 3 is 2.56 bits per heavy atom. The molecule has 2 atom stereocenters. The van der Waals surface area contributed by atoms with Crippen LogP contribution < -0.4 is 9.64 Å². The zero-order valence-corrected chi connectivity index (χ0v) is 15.7. The van der Waals surface area contributed by atoms with Gasteiger partial charge in [0.2, 0.25) is 0 Å². The smallest absolute Gasteiger partial charge is 0.305 e. The summed E-state index contributed by atoms with van der Waals surface area (Å²) in [6.45, 7) is 0.0258. The fourth-order valence-electron chi connectivity index (χ4n) is 3.03. The number of carbonyl (C=O) groups is 2. The minimum absolute atomic E-state index is 0.0258. The van der Waals surface area contributed by atoms with E-state index in [0.717, 1.165) is 16.2 Å². The van der Waals surface area contributed by atoms with E-state index in [2.05, 4.69) is 0 Å². The molecule has 1 aliphatic rings. The van der Waals surface area contributed by atoms with Gasteiger partial charge >= 0.3 is 5.97 Å². The Morgan fingerprint density at radius 1 is 1.19 bits per heavy atom. The number of aliphatic hydroxyl groups excluding tert-OH is 1. The summed E-state index contributed by atoms with van der Waals surface area (Å²) in [5.41, 5.74) is 1.63. The number of fused-ring (bicyclic) bond motifs is 1. The van der Waals surface area contributed by atoms with Crippen molar-refractivity contribution in [2.75, 3.05) is 18.6 Å². The molecule has 7 heteroatoms. The van der Waals surface area contributed by atoms with Crippen molar-refractivity contribution in [3.05, 3.63) is 54.1 Å². The van der Waals surface area contributed by atoms with Crippen molar-refractivity contribution in [3.63, 3.8) is 0 Å². The number of nitrogens with zero attached hydrogens (tertiary/aromatic N) is 1. The Labute approximate surface area is 161 Å². The normalized spacial score (nSPS) is 19.3. The number of carbonyl (C=O) groups excluding carboxylic acids is 1. The minimum Gasteiger partial charge on any atom is -0.497 e. The molecule has 1 heterocycles. The van der Waals surface area contributed by atoms with E-state index in [1.807, 2.05) is 36.4 Å². The number of hydrogen-bond donors (Lipinski definition) is 2. The fraction of sp³-hybridized carbons (Fsp3) is 0.300. The summed E-state index contributed by atoms with van der Waals surface area (Å²) in [7, 11) is 1.60. The molecule has 0 radical (unpaired) electrons. The van der Waals surface area contributed by atoms with Crippen LogP contribution in [0.1, 0.15) is 12.0 Å². The van der Waals surface area contributed by atoms with Gasteiger partial charge < -0.3 is 19.8 Å². The molecule has 0 spiro atoms. The molecule has 0 aliphatic carbocycles. The number of anilines is 1. The van der Waals surface area contributed by atoms with Crippen molar-refractivity contribution in [1.82, 2.24) is 0 Å². The predicted octanol–water partition coefficient (Wildman–Crippen LogP) is 2.58. The zero-order chi connectivity index (χ0) is 19.4. The SMILES string of the molecule is COc1ccc(CC2Sc3ccccc3N(CCC(=O)O)C(=O)C2O)cc1. The first-order valence-electron chi connectivity index (χ1n) is 8.59. The predicted molar refractivity (Wildman–Crippen MR) is 103 cm³/mol. The number of amides is 1. The molecule has 0 saturated carbocycles. The first kappa shape index (κ1) is 19.3. The van der Waals surface area contributed by atoms with E-state index in [4.69, 9.17) is 9.84 Å². The average Bonchev–Trinajstić information content (AvgIpc) is 2.77. The first-order valence-corrected chi connectivity index (χ1v) is 9.47. The summed E-state index contributed by atoms with van der Waals surface area (Å²) in [5.74, 6) is -0.706. The van der Waals surface area contributed by atoms with E-state index in [1.54, 1.807) is 19.2 Å². The van der Waals surface area contributed by atoms with Crippen LogP contribution in [0.15, 0.2) is 53.4 Å². The van der Waals surface area contributed by atoms with Gasteiger partial charge in [0.15, 0.2) is 0 Å². The largest absolute Gasteiger partial charge is 0.497 e. The molecule has 0 bridgehead atoms. The van der Waals surface area contributed by atoms with Crippen LogP contribution in [0.25, 0.3) is 0 Å². The lowest BCUT2D eigenvalue weighted by molar-refractivity contribution is -0.136. The topological polar surface area (TPSA) is 87.1 Å². The van der Waals surface area contributed by atoms with E-state index in [9.17, 15) is 14.7 Å². The number of carboxylic acids is 1. The van der Waals surface area contributed by atoms with Crippen LogP contribution in [-0.2, 0) is 16.0 Å². The summed E-state index contributed by atoms with van der Waals surface area (Å²) < 4.78 is 5.16. The van der Waals surface area contributed by atoms with E-state index in [1.165, 1.54) is 16.7 Å². The van der Waals surface area contributed by atoms with Crippen molar-refractivity contribution >= 4 is 29.3 Å². The van der Waals surface area contributed by atoms with Gasteiger partial charge in [-0.2, -0.15) is 0 Å². The molecular formula is C20H21NO5S. The van der Waals surface area contributed by atoms with Gasteiger partial charge in [-0.1, -0.05) is 24.3 Å². The average molecular weight is 387 g/mol. The summed E-state index contributed by atoms with van der Waals surface area (Å²) in [5, 5.41) is 19.3. The van der Waals surface area contributed by atoms with Crippen molar-refractivity contribution in [3.8, 4) is 5.75 Å². The highest BCUT2D eigenvalue weighted by Crippen LogP contribution is 2.39. The number of carboxylic acid groups (broad SMARTS) is 1. The van der Waals surface area contributed by atoms with Crippen molar-refractivity contribution in [2.45, 2.75) is 29.1 Å². The fourth-order valence-corrected chi connectivity index (χ4v) is 4.33. The molecule has 3 rings (SSSR count). The highest BCUT2D eigenvalue weighted by molar-refractivity contribution is 8.00. The number of aliphatic hydroxyl groups is 1. The Morgan fingerprint density at radius 2 is 1.89 bits per heavy atom. The molecule has 1 amide bonds. The van der Waals surface area contributed by atoms with Gasteiger partial charge in [0.05, 0.1) is 19.2 Å². The highest BCUT2D eigenvalue weighted by Gasteiger charge is 2.36. The van der Waals surface area contributed by atoms with Crippen LogP contribution in [0.4, 0.5) is 5.69 Å². The minimum atomic E-state index is -1.22. The summed E-state index contributed by atoms with van der Waals surface area (Å²) in [6.07, 6.45) is -0.901. The lowest BCUT2D eigenvalue weighted by Crippen LogP contribution is -2.44. The molecule has 0 fully saturated rings. The molecule has 2 unspecified atom stereocenters. The summed E-state index contributed by atoms with van der Waals surface area (Å²) >= 11 is 1.44. The number of benzene rings is 2. The van der Waals surface area contributed by atoms with Gasteiger partial charge in [-0.15, -0.1) is 11.8 Å². The summed E-state index contributed by atoms with van der Waals surface area (Å²) in [6, 6.07) is 14.9. The van der Waals surface area contributed by atoms with Crippen LogP contribution in [0.5, 0.6) is 5.75 Å². The molecule has 2 N–H and O–H groups in total. The molecule has 1 aliphatic heterocycles. The van der Waals surface area contributed by atoms with Crippen LogP contribution >= 0.6 is 11.8 Å². The van der Waals surface area contributed by atoms with Crippen molar-refractivity contribution in [1.29, 1.82) is 0 Å². The number of para-hydroxylation sites is 1. The molecule has 2 aromatic rings. The van der Waals surface area contributed by atoms with Crippen molar-refractivity contribution < 1.29 is 24.5 Å². The third-order valence-electron chi connectivity index (χ3n) is 4.45. The molecule has 2 aromatic carbocycles. The molecular weight excluding hydrogens is 366 g/mol. The second kappa shape index (κ2) is 8.45. The highest BCUT2D eigenvalue weighted by atomic mass is 32.2. The maximum Gasteiger partial charge on any atom is 0.305 e. The van der Waals surface area contributed by atoms with Crippen LogP contribution in [0, 0.1) is 0 Å². The number of hydrogen-bond acceptors (Lipinski definition) is 5. The van der Waals surface area contributed by atoms with Gasteiger partial charge in [-0.25, -0.2) is 0 Å². The number of rotatable bonds is 6. The van der Waals surface area contributed by atoms with E-state index < -0.39 is 18.0 Å². The molecule has 27 heavy (non-hydrogen) atoms. The number of ether oxygens (including phenoxy) is 1. The third kappa shape index (κ3) is 4.43. The Hall–Kier alpha value is -2.51. The quantitative estimate of drug-likeness (QED) is 0.792. The zero-order valence-electron chi connectivity index (χ0n) is 14.9. The van der Waals surface area contributed by atoms with Gasteiger partial charge in [0.25, 0.3) is 5.91 Å². The molecule has 0 aromatic heterocycles.